The van der Waals surface area contributed by atoms with E-state index in [0.29, 0.717) is 5.92 Å². The summed E-state index contributed by atoms with van der Waals surface area (Å²) >= 11 is 0. The van der Waals surface area contributed by atoms with Gasteiger partial charge in [0.15, 0.2) is 11.6 Å². The van der Waals surface area contributed by atoms with E-state index in [1.807, 2.05) is 12.1 Å². The van der Waals surface area contributed by atoms with E-state index in [-0.39, 0.29) is 24.4 Å². The second kappa shape index (κ2) is 12.0. The number of rotatable bonds is 10. The minimum Gasteiger partial charge on any atom is -0.420 e. The molecule has 172 valence electrons. The lowest BCUT2D eigenvalue weighted by molar-refractivity contribution is -0.130. The zero-order valence-electron chi connectivity index (χ0n) is 19.1. The summed E-state index contributed by atoms with van der Waals surface area (Å²) < 4.78 is 19.6. The highest BCUT2D eigenvalue weighted by atomic mass is 19.1. The van der Waals surface area contributed by atoms with Crippen molar-refractivity contribution in [2.24, 2.45) is 5.92 Å². The van der Waals surface area contributed by atoms with Crippen LogP contribution < -0.4 is 4.74 Å². The van der Waals surface area contributed by atoms with Gasteiger partial charge >= 0.3 is 5.97 Å². The molecule has 2 aromatic carbocycles. The number of benzene rings is 2. The van der Waals surface area contributed by atoms with Gasteiger partial charge in [-0.1, -0.05) is 69.5 Å². The summed E-state index contributed by atoms with van der Waals surface area (Å²) in [5, 5.41) is 8.88. The molecule has 1 N–H and O–H groups in total. The quantitative estimate of drug-likeness (QED) is 0.185. The molecule has 3 rings (SSSR count). The van der Waals surface area contributed by atoms with Gasteiger partial charge in [-0.3, -0.25) is 0 Å². The molecule has 2 aromatic rings. The fourth-order valence-electron chi connectivity index (χ4n) is 4.59. The fourth-order valence-corrected chi connectivity index (χ4v) is 4.59. The lowest BCUT2D eigenvalue weighted by Gasteiger charge is -2.29. The number of carbonyl (C=O) groups is 1. The predicted molar refractivity (Wildman–Crippen MR) is 127 cm³/mol. The summed E-state index contributed by atoms with van der Waals surface area (Å²) in [6.45, 7) is 5.60. The maximum absolute atomic E-state index is 14.5. The standard InChI is InChI=1S/C28H35FO3/c1-3-4-5-6-21-7-9-22(10-8-21)23-11-13-24(14-12-23)25-15-16-27(26(29)19-25)32-28(31)20(2)17-18-30/h11-16,19,21-22,30H,2-10,17-18H2,1H3. The van der Waals surface area contributed by atoms with Crippen LogP contribution in [0.4, 0.5) is 4.39 Å². The molecule has 0 saturated heterocycles. The number of aliphatic hydroxyl groups excluding tert-OH is 1. The monoisotopic (exact) mass is 438 g/mol. The molecule has 0 aromatic heterocycles. The summed E-state index contributed by atoms with van der Waals surface area (Å²) in [6.07, 6.45) is 10.7. The van der Waals surface area contributed by atoms with Crippen LogP contribution in [0.25, 0.3) is 11.1 Å². The van der Waals surface area contributed by atoms with Crippen molar-refractivity contribution in [3.63, 3.8) is 0 Å². The highest BCUT2D eigenvalue weighted by Crippen LogP contribution is 2.38. The van der Waals surface area contributed by atoms with Gasteiger partial charge in [0.2, 0.25) is 0 Å². The largest absolute Gasteiger partial charge is 0.420 e. The second-order valence-electron chi connectivity index (χ2n) is 8.95. The summed E-state index contributed by atoms with van der Waals surface area (Å²) in [5.41, 5.74) is 3.15. The second-order valence-corrected chi connectivity index (χ2v) is 8.95. The Morgan fingerprint density at radius 3 is 2.38 bits per heavy atom. The molecule has 0 spiro atoms. The summed E-state index contributed by atoms with van der Waals surface area (Å²) in [7, 11) is 0. The van der Waals surface area contributed by atoms with Crippen LogP contribution in [0.1, 0.15) is 76.2 Å². The first-order valence-corrected chi connectivity index (χ1v) is 11.9. The Bertz CT molecular complexity index is 895. The Morgan fingerprint density at radius 1 is 1.06 bits per heavy atom. The molecule has 0 radical (unpaired) electrons. The molecule has 0 aliphatic heterocycles. The van der Waals surface area contributed by atoms with Gasteiger partial charge in [0.1, 0.15) is 0 Å². The Labute approximate surface area is 191 Å². The van der Waals surface area contributed by atoms with Crippen molar-refractivity contribution in [2.45, 2.75) is 70.6 Å². The van der Waals surface area contributed by atoms with E-state index in [1.54, 1.807) is 6.07 Å². The number of halogens is 1. The number of hydrogen-bond acceptors (Lipinski definition) is 3. The van der Waals surface area contributed by atoms with Crippen molar-refractivity contribution in [1.82, 2.24) is 0 Å². The first-order chi connectivity index (χ1) is 15.5. The average Bonchev–Trinajstić information content (AvgIpc) is 2.81. The van der Waals surface area contributed by atoms with Gasteiger partial charge < -0.3 is 9.84 Å². The molecule has 0 unspecified atom stereocenters. The molecule has 4 heteroatoms. The van der Waals surface area contributed by atoms with Crippen molar-refractivity contribution in [3.8, 4) is 16.9 Å². The minimum absolute atomic E-state index is 0.103. The maximum atomic E-state index is 14.5. The van der Waals surface area contributed by atoms with Crippen LogP contribution in [0, 0.1) is 11.7 Å². The highest BCUT2D eigenvalue weighted by molar-refractivity contribution is 5.89. The van der Waals surface area contributed by atoms with Crippen LogP contribution in [0.15, 0.2) is 54.6 Å². The lowest BCUT2D eigenvalue weighted by Crippen LogP contribution is -2.13. The van der Waals surface area contributed by atoms with Crippen molar-refractivity contribution < 1.29 is 19.0 Å². The van der Waals surface area contributed by atoms with Crippen LogP contribution in [0.3, 0.4) is 0 Å². The van der Waals surface area contributed by atoms with E-state index >= 15 is 0 Å². The zero-order chi connectivity index (χ0) is 22.9. The van der Waals surface area contributed by atoms with Crippen LogP contribution in [-0.2, 0) is 4.79 Å². The number of esters is 1. The Kier molecular flexibility index (Phi) is 9.04. The Hall–Kier alpha value is -2.46. The third-order valence-corrected chi connectivity index (χ3v) is 6.61. The normalized spacial score (nSPS) is 18.3. The van der Waals surface area contributed by atoms with Gasteiger partial charge in [-0.05, 0) is 66.3 Å². The number of hydrogen-bond donors (Lipinski definition) is 1. The van der Waals surface area contributed by atoms with Crippen molar-refractivity contribution in [2.75, 3.05) is 6.61 Å². The minimum atomic E-state index is -0.727. The maximum Gasteiger partial charge on any atom is 0.338 e. The molecule has 1 fully saturated rings. The van der Waals surface area contributed by atoms with Crippen molar-refractivity contribution in [1.29, 1.82) is 0 Å². The molecule has 0 amide bonds. The summed E-state index contributed by atoms with van der Waals surface area (Å²) in [5.74, 6) is 0.0592. The molecule has 1 aliphatic rings. The third-order valence-electron chi connectivity index (χ3n) is 6.61. The van der Waals surface area contributed by atoms with Crippen LogP contribution >= 0.6 is 0 Å². The van der Waals surface area contributed by atoms with Crippen LogP contribution in [0.2, 0.25) is 0 Å². The first-order valence-electron chi connectivity index (χ1n) is 11.9. The molecular weight excluding hydrogens is 403 g/mol. The topological polar surface area (TPSA) is 46.5 Å². The SMILES string of the molecule is C=C(CCO)C(=O)Oc1ccc(-c2ccc(C3CCC(CCCCC)CC3)cc2)cc1F. The fraction of sp³-hybridized carbons (Fsp3) is 0.464. The molecule has 1 saturated carbocycles. The summed E-state index contributed by atoms with van der Waals surface area (Å²) in [4.78, 5) is 11.9. The third kappa shape index (κ3) is 6.52. The van der Waals surface area contributed by atoms with Gasteiger partial charge in [0.25, 0.3) is 0 Å². The zero-order valence-corrected chi connectivity index (χ0v) is 19.1. The van der Waals surface area contributed by atoms with E-state index in [1.165, 1.54) is 69.1 Å². The van der Waals surface area contributed by atoms with E-state index in [2.05, 4.69) is 25.6 Å². The van der Waals surface area contributed by atoms with Crippen molar-refractivity contribution >= 4 is 5.97 Å². The number of carbonyl (C=O) groups excluding carboxylic acids is 1. The molecule has 32 heavy (non-hydrogen) atoms. The molecule has 0 atom stereocenters. The smallest absolute Gasteiger partial charge is 0.338 e. The van der Waals surface area contributed by atoms with E-state index < -0.39 is 11.8 Å². The highest BCUT2D eigenvalue weighted by Gasteiger charge is 2.22. The van der Waals surface area contributed by atoms with Crippen LogP contribution in [0.5, 0.6) is 5.75 Å². The Morgan fingerprint density at radius 2 is 1.75 bits per heavy atom. The lowest BCUT2D eigenvalue weighted by atomic mass is 9.77. The number of aliphatic hydroxyl groups is 1. The van der Waals surface area contributed by atoms with E-state index in [4.69, 9.17) is 9.84 Å². The van der Waals surface area contributed by atoms with Gasteiger partial charge in [-0.25, -0.2) is 9.18 Å². The molecule has 3 nitrogen and oxygen atoms in total. The van der Waals surface area contributed by atoms with Gasteiger partial charge in [0, 0.05) is 18.6 Å². The molecule has 0 heterocycles. The summed E-state index contributed by atoms with van der Waals surface area (Å²) in [6, 6.07) is 13.0. The number of unbranched alkanes of at least 4 members (excludes halogenated alkanes) is 2. The van der Waals surface area contributed by atoms with Crippen LogP contribution in [-0.4, -0.2) is 17.7 Å². The van der Waals surface area contributed by atoms with E-state index in [0.717, 1.165) is 17.0 Å². The number of ether oxygens (including phenoxy) is 1. The Balaban J connectivity index is 1.58. The van der Waals surface area contributed by atoms with Gasteiger partial charge in [0.05, 0.1) is 0 Å². The predicted octanol–water partition coefficient (Wildman–Crippen LogP) is 7.19. The van der Waals surface area contributed by atoms with Crippen molar-refractivity contribution in [3.05, 3.63) is 66.0 Å². The van der Waals surface area contributed by atoms with Gasteiger partial charge in [-0.15, -0.1) is 0 Å². The molecule has 1 aliphatic carbocycles. The molecule has 0 bridgehead atoms. The van der Waals surface area contributed by atoms with E-state index in [9.17, 15) is 9.18 Å². The first kappa shape index (κ1) is 24.2. The van der Waals surface area contributed by atoms with Gasteiger partial charge in [-0.2, -0.15) is 0 Å². The average molecular weight is 439 g/mol. The molecular formula is C28H35FO3.